The maximum atomic E-state index is 13.9. The first-order valence-corrected chi connectivity index (χ1v) is 10.5. The second kappa shape index (κ2) is 9.53. The number of halogens is 2. The van der Waals surface area contributed by atoms with Crippen LogP contribution in [0.3, 0.4) is 0 Å². The number of rotatable bonds is 7. The molecule has 0 saturated carbocycles. The average Bonchev–Trinajstić information content (AvgIpc) is 2.96. The zero-order valence-electron chi connectivity index (χ0n) is 16.8. The number of hydrogen-bond donors (Lipinski definition) is 1. The van der Waals surface area contributed by atoms with Crippen molar-refractivity contribution in [1.82, 2.24) is 4.90 Å². The largest absolute Gasteiger partial charge is 0.507 e. The summed E-state index contributed by atoms with van der Waals surface area (Å²) in [4.78, 5) is 27.0. The molecular weight excluding hydrogens is 453 g/mol. The molecule has 3 rings (SSSR count). The average molecular weight is 476 g/mol. The molecule has 1 atom stereocenters. The van der Waals surface area contributed by atoms with Gasteiger partial charge in [0.25, 0.3) is 11.7 Å². The number of nitrogens with zero attached hydrogens (tertiary/aromatic N) is 1. The van der Waals surface area contributed by atoms with E-state index in [1.165, 1.54) is 23.1 Å². The molecule has 30 heavy (non-hydrogen) atoms. The fraction of sp³-hybridized carbons (Fsp3) is 0.304. The van der Waals surface area contributed by atoms with Crippen LogP contribution in [0.1, 0.15) is 37.4 Å². The van der Waals surface area contributed by atoms with Crippen molar-refractivity contribution in [3.8, 4) is 0 Å². The van der Waals surface area contributed by atoms with Crippen LogP contribution < -0.4 is 0 Å². The molecule has 2 aromatic carbocycles. The van der Waals surface area contributed by atoms with E-state index in [0.29, 0.717) is 24.2 Å². The third kappa shape index (κ3) is 4.79. The Morgan fingerprint density at radius 2 is 1.90 bits per heavy atom. The lowest BCUT2D eigenvalue weighted by molar-refractivity contribution is -0.140. The summed E-state index contributed by atoms with van der Waals surface area (Å²) in [5, 5.41) is 10.9. The van der Waals surface area contributed by atoms with Crippen molar-refractivity contribution in [1.29, 1.82) is 0 Å². The summed E-state index contributed by atoms with van der Waals surface area (Å²) in [6, 6.07) is 11.6. The summed E-state index contributed by atoms with van der Waals surface area (Å²) in [5.41, 5.74) is 0.788. The number of aliphatic hydroxyl groups is 1. The Morgan fingerprint density at radius 1 is 1.20 bits per heavy atom. The van der Waals surface area contributed by atoms with Crippen LogP contribution in [0.4, 0.5) is 4.39 Å². The fourth-order valence-electron chi connectivity index (χ4n) is 3.45. The molecule has 1 fully saturated rings. The van der Waals surface area contributed by atoms with Crippen LogP contribution in [0.25, 0.3) is 5.76 Å². The maximum Gasteiger partial charge on any atom is 0.295 e. The number of carbonyl (C=O) groups is 2. The molecule has 0 radical (unpaired) electrons. The van der Waals surface area contributed by atoms with E-state index in [0.717, 1.165) is 4.47 Å². The highest BCUT2D eigenvalue weighted by atomic mass is 79.9. The minimum Gasteiger partial charge on any atom is -0.507 e. The summed E-state index contributed by atoms with van der Waals surface area (Å²) in [7, 11) is 0. The molecule has 1 N–H and O–H groups in total. The summed E-state index contributed by atoms with van der Waals surface area (Å²) >= 11 is 3.33. The molecule has 1 amide bonds. The van der Waals surface area contributed by atoms with E-state index >= 15 is 0 Å². The Hall–Kier alpha value is -2.51. The second-order valence-electron chi connectivity index (χ2n) is 7.33. The molecule has 2 aromatic rings. The molecular formula is C23H23BrFNO4. The Balaban J connectivity index is 2.03. The normalized spacial score (nSPS) is 18.4. The van der Waals surface area contributed by atoms with Crippen LogP contribution in [0.5, 0.6) is 0 Å². The van der Waals surface area contributed by atoms with E-state index in [1.807, 2.05) is 13.8 Å². The molecule has 1 saturated heterocycles. The van der Waals surface area contributed by atoms with Crippen molar-refractivity contribution < 1.29 is 23.8 Å². The molecule has 7 heteroatoms. The van der Waals surface area contributed by atoms with Crippen molar-refractivity contribution in [2.75, 3.05) is 13.2 Å². The number of Topliss-reactive ketones (excluding diaryl/α,β-unsaturated/α-hetero) is 1. The number of carbonyl (C=O) groups excluding carboxylic acids is 2. The molecule has 0 aromatic heterocycles. The first-order valence-electron chi connectivity index (χ1n) is 9.71. The van der Waals surface area contributed by atoms with E-state index in [9.17, 15) is 19.1 Å². The van der Waals surface area contributed by atoms with Gasteiger partial charge in [0.2, 0.25) is 0 Å². The number of benzene rings is 2. The van der Waals surface area contributed by atoms with Crippen LogP contribution in [0.2, 0.25) is 0 Å². The van der Waals surface area contributed by atoms with Gasteiger partial charge in [-0.2, -0.15) is 0 Å². The molecule has 5 nitrogen and oxygen atoms in total. The fourth-order valence-corrected chi connectivity index (χ4v) is 3.72. The molecule has 0 aliphatic carbocycles. The van der Waals surface area contributed by atoms with Crippen LogP contribution in [-0.2, 0) is 14.3 Å². The van der Waals surface area contributed by atoms with Gasteiger partial charge in [-0.25, -0.2) is 4.39 Å². The number of likely N-dealkylation sites (tertiary alicyclic amines) is 1. The topological polar surface area (TPSA) is 66.8 Å². The minimum absolute atomic E-state index is 0.0438. The SMILES string of the molecule is CC(C)OCCCN1C(=O)C(=O)C(=C(O)c2ccc(Br)cc2)[C@@H]1c1cccc(F)c1. The molecule has 158 valence electrons. The number of amides is 1. The van der Waals surface area contributed by atoms with Gasteiger partial charge in [0.1, 0.15) is 11.6 Å². The minimum atomic E-state index is -0.872. The Kier molecular flexibility index (Phi) is 7.05. The highest BCUT2D eigenvalue weighted by Gasteiger charge is 2.45. The zero-order chi connectivity index (χ0) is 21.8. The number of hydrogen-bond acceptors (Lipinski definition) is 4. The standard InChI is InChI=1S/C23H23BrFNO4/c1-14(2)30-12-4-11-26-20(16-5-3-6-18(25)13-16)19(22(28)23(26)29)21(27)15-7-9-17(24)10-8-15/h3,5-10,13-14,20,27H,4,11-12H2,1-2H3/t20-/m0/s1. The van der Waals surface area contributed by atoms with E-state index in [-0.39, 0.29) is 24.0 Å². The Labute approximate surface area is 183 Å². The number of aliphatic hydroxyl groups excluding tert-OH is 1. The lowest BCUT2D eigenvalue weighted by Crippen LogP contribution is -2.31. The monoisotopic (exact) mass is 475 g/mol. The van der Waals surface area contributed by atoms with Gasteiger partial charge in [0, 0.05) is 23.2 Å². The summed E-state index contributed by atoms with van der Waals surface area (Å²) in [5.74, 6) is -2.26. The van der Waals surface area contributed by atoms with Gasteiger partial charge in [-0.15, -0.1) is 0 Å². The number of ether oxygens (including phenoxy) is 1. The van der Waals surface area contributed by atoms with Crippen LogP contribution in [0, 0.1) is 5.82 Å². The van der Waals surface area contributed by atoms with Gasteiger partial charge in [-0.05, 0) is 50.1 Å². The molecule has 0 unspecified atom stereocenters. The lowest BCUT2D eigenvalue weighted by Gasteiger charge is -2.25. The van der Waals surface area contributed by atoms with E-state index < -0.39 is 23.5 Å². The van der Waals surface area contributed by atoms with E-state index in [4.69, 9.17) is 4.74 Å². The van der Waals surface area contributed by atoms with Gasteiger partial charge in [0.15, 0.2) is 0 Å². The van der Waals surface area contributed by atoms with Crippen molar-refractivity contribution >= 4 is 33.4 Å². The van der Waals surface area contributed by atoms with Crippen molar-refractivity contribution in [2.24, 2.45) is 0 Å². The van der Waals surface area contributed by atoms with Crippen LogP contribution >= 0.6 is 15.9 Å². The molecule has 1 aliphatic rings. The predicted molar refractivity (Wildman–Crippen MR) is 115 cm³/mol. The van der Waals surface area contributed by atoms with Crippen molar-refractivity contribution in [3.05, 3.63) is 75.5 Å². The highest BCUT2D eigenvalue weighted by molar-refractivity contribution is 9.10. The summed E-state index contributed by atoms with van der Waals surface area (Å²) in [6.07, 6.45) is 0.562. The maximum absolute atomic E-state index is 13.9. The zero-order valence-corrected chi connectivity index (χ0v) is 18.4. The second-order valence-corrected chi connectivity index (χ2v) is 8.24. The van der Waals surface area contributed by atoms with Gasteiger partial charge in [0.05, 0.1) is 17.7 Å². The van der Waals surface area contributed by atoms with Crippen LogP contribution in [0.15, 0.2) is 58.6 Å². The molecule has 1 heterocycles. The molecule has 0 spiro atoms. The summed E-state index contributed by atoms with van der Waals surface area (Å²) in [6.45, 7) is 4.49. The molecule has 1 aliphatic heterocycles. The van der Waals surface area contributed by atoms with E-state index in [1.54, 1.807) is 30.3 Å². The van der Waals surface area contributed by atoms with Gasteiger partial charge in [-0.1, -0.05) is 40.2 Å². The number of ketones is 1. The third-order valence-electron chi connectivity index (χ3n) is 4.82. The van der Waals surface area contributed by atoms with Gasteiger partial charge in [-0.3, -0.25) is 9.59 Å². The summed E-state index contributed by atoms with van der Waals surface area (Å²) < 4.78 is 20.3. The smallest absolute Gasteiger partial charge is 0.295 e. The highest BCUT2D eigenvalue weighted by Crippen LogP contribution is 2.39. The van der Waals surface area contributed by atoms with Crippen molar-refractivity contribution in [2.45, 2.75) is 32.4 Å². The van der Waals surface area contributed by atoms with E-state index in [2.05, 4.69) is 15.9 Å². The van der Waals surface area contributed by atoms with Gasteiger partial charge >= 0.3 is 0 Å². The Morgan fingerprint density at radius 3 is 2.53 bits per heavy atom. The Bertz CT molecular complexity index is 971. The first kappa shape index (κ1) is 22.2. The van der Waals surface area contributed by atoms with Gasteiger partial charge < -0.3 is 14.7 Å². The van der Waals surface area contributed by atoms with Crippen molar-refractivity contribution in [3.63, 3.8) is 0 Å². The third-order valence-corrected chi connectivity index (χ3v) is 5.35. The molecule has 0 bridgehead atoms. The predicted octanol–water partition coefficient (Wildman–Crippen LogP) is 4.83. The lowest BCUT2D eigenvalue weighted by atomic mass is 9.95. The first-order chi connectivity index (χ1) is 14.3. The van der Waals surface area contributed by atoms with Crippen LogP contribution in [-0.4, -0.2) is 41.0 Å². The quantitative estimate of drug-likeness (QED) is 0.269.